The topological polar surface area (TPSA) is 27.0 Å². The average Bonchev–Trinajstić information content (AvgIpc) is 3.30. The summed E-state index contributed by atoms with van der Waals surface area (Å²) < 4.78 is 29.8. The lowest BCUT2D eigenvalue weighted by atomic mass is 9.66. The Morgan fingerprint density at radius 2 is 1.61 bits per heavy atom. The maximum absolute atomic E-state index is 14.9. The van der Waals surface area contributed by atoms with Gasteiger partial charge in [0.05, 0.1) is 11.5 Å². The zero-order chi connectivity index (χ0) is 22.4. The molecule has 0 spiro atoms. The van der Waals surface area contributed by atoms with E-state index >= 15 is 0 Å². The first-order valence-electron chi connectivity index (χ1n) is 11.5. The van der Waals surface area contributed by atoms with Crippen molar-refractivity contribution in [2.24, 2.45) is 5.92 Å². The van der Waals surface area contributed by atoms with Gasteiger partial charge in [-0.25, -0.2) is 8.78 Å². The molecule has 31 heavy (non-hydrogen) atoms. The molecule has 2 atom stereocenters. The van der Waals surface area contributed by atoms with Crippen molar-refractivity contribution < 1.29 is 8.78 Å². The highest BCUT2D eigenvalue weighted by molar-refractivity contribution is 5.36. The molecule has 2 unspecified atom stereocenters. The molecule has 1 saturated carbocycles. The lowest BCUT2D eigenvalue weighted by Crippen LogP contribution is -2.41. The van der Waals surface area contributed by atoms with E-state index in [1.807, 2.05) is 18.2 Å². The standard InChI is InChI=1S/C27H34F2N2/c1-20(2)31(18-22-10-5-4-6-11-22)21(3)16-17-27(19-30,23-12-7-8-13-23)26-24(28)14-9-15-25(26)29/h4-6,9-11,14-15,20-21,23H,7-8,12-13,16-18H2,1-3H3. The van der Waals surface area contributed by atoms with Crippen molar-refractivity contribution in [2.45, 2.75) is 83.3 Å². The number of halogens is 2. The second-order valence-corrected chi connectivity index (χ2v) is 9.30. The van der Waals surface area contributed by atoms with E-state index in [2.05, 4.69) is 43.9 Å². The van der Waals surface area contributed by atoms with Crippen molar-refractivity contribution in [1.29, 1.82) is 5.26 Å². The second kappa shape index (κ2) is 10.4. The van der Waals surface area contributed by atoms with E-state index in [1.54, 1.807) is 0 Å². The predicted octanol–water partition coefficient (Wildman–Crippen LogP) is 7.00. The largest absolute Gasteiger partial charge is 0.294 e. The van der Waals surface area contributed by atoms with E-state index in [1.165, 1.54) is 23.8 Å². The molecule has 0 heterocycles. The molecule has 2 aromatic rings. The van der Waals surface area contributed by atoms with Crippen LogP contribution < -0.4 is 0 Å². The molecule has 0 radical (unpaired) electrons. The molecule has 0 aliphatic heterocycles. The minimum atomic E-state index is -1.12. The summed E-state index contributed by atoms with van der Waals surface area (Å²) in [7, 11) is 0. The fraction of sp³-hybridized carbons (Fsp3) is 0.519. The van der Waals surface area contributed by atoms with Crippen molar-refractivity contribution in [3.63, 3.8) is 0 Å². The Hall–Kier alpha value is -2.25. The normalized spacial score (nSPS) is 17.6. The van der Waals surface area contributed by atoms with Crippen molar-refractivity contribution in [3.8, 4) is 6.07 Å². The number of hydrogen-bond acceptors (Lipinski definition) is 2. The first-order valence-corrected chi connectivity index (χ1v) is 11.5. The zero-order valence-corrected chi connectivity index (χ0v) is 19.0. The molecule has 3 rings (SSSR count). The van der Waals surface area contributed by atoms with E-state index < -0.39 is 17.0 Å². The number of hydrogen-bond donors (Lipinski definition) is 0. The summed E-state index contributed by atoms with van der Waals surface area (Å²) in [5.41, 5.74) is 0.108. The van der Waals surface area contributed by atoms with E-state index in [-0.39, 0.29) is 17.5 Å². The van der Waals surface area contributed by atoms with Gasteiger partial charge in [0.1, 0.15) is 11.6 Å². The van der Waals surface area contributed by atoms with Gasteiger partial charge >= 0.3 is 0 Å². The van der Waals surface area contributed by atoms with Gasteiger partial charge < -0.3 is 0 Å². The molecule has 166 valence electrons. The molecule has 2 nitrogen and oxygen atoms in total. The SMILES string of the molecule is CC(C)N(Cc1ccccc1)C(C)CCC(C#N)(c1c(F)cccc1F)C1CCCC1. The van der Waals surface area contributed by atoms with Gasteiger partial charge in [0.2, 0.25) is 0 Å². The van der Waals surface area contributed by atoms with Gasteiger partial charge in [-0.05, 0) is 70.1 Å². The van der Waals surface area contributed by atoms with Gasteiger partial charge in [0.15, 0.2) is 0 Å². The van der Waals surface area contributed by atoms with E-state index in [0.717, 1.165) is 32.2 Å². The number of benzene rings is 2. The Bertz CT molecular complexity index is 864. The summed E-state index contributed by atoms with van der Waals surface area (Å²) in [6, 6.07) is 17.2. The van der Waals surface area contributed by atoms with E-state index in [0.29, 0.717) is 18.9 Å². The Morgan fingerprint density at radius 1 is 1.00 bits per heavy atom. The molecule has 0 aromatic heterocycles. The Kier molecular flexibility index (Phi) is 7.84. The van der Waals surface area contributed by atoms with Crippen molar-refractivity contribution in [1.82, 2.24) is 4.90 Å². The van der Waals surface area contributed by atoms with Gasteiger partial charge in [0.25, 0.3) is 0 Å². The fourth-order valence-electron chi connectivity index (χ4n) is 5.32. The third kappa shape index (κ3) is 5.15. The fourth-order valence-corrected chi connectivity index (χ4v) is 5.32. The molecular formula is C27H34F2N2. The molecule has 2 aromatic carbocycles. The molecule has 0 bridgehead atoms. The van der Waals surface area contributed by atoms with Crippen molar-refractivity contribution in [3.05, 3.63) is 71.3 Å². The van der Waals surface area contributed by atoms with Crippen molar-refractivity contribution >= 4 is 0 Å². The first-order chi connectivity index (χ1) is 14.9. The Morgan fingerprint density at radius 3 is 2.16 bits per heavy atom. The summed E-state index contributed by atoms with van der Waals surface area (Å²) in [6.07, 6.45) is 4.92. The summed E-state index contributed by atoms with van der Waals surface area (Å²) >= 11 is 0. The van der Waals surface area contributed by atoms with Crippen LogP contribution in [0.15, 0.2) is 48.5 Å². The van der Waals surface area contributed by atoms with Crippen LogP contribution in [0.2, 0.25) is 0 Å². The van der Waals surface area contributed by atoms with Crippen LogP contribution >= 0.6 is 0 Å². The maximum Gasteiger partial charge on any atom is 0.130 e. The van der Waals surface area contributed by atoms with Gasteiger partial charge in [-0.1, -0.05) is 49.2 Å². The minimum absolute atomic E-state index is 0.00211. The van der Waals surface area contributed by atoms with Crippen molar-refractivity contribution in [2.75, 3.05) is 0 Å². The highest BCUT2D eigenvalue weighted by Gasteiger charge is 2.45. The van der Waals surface area contributed by atoms with Gasteiger partial charge in [0, 0.05) is 24.2 Å². The van der Waals surface area contributed by atoms with Crippen LogP contribution in [0, 0.1) is 28.9 Å². The highest BCUT2D eigenvalue weighted by Crippen LogP contribution is 2.47. The zero-order valence-electron chi connectivity index (χ0n) is 19.0. The summed E-state index contributed by atoms with van der Waals surface area (Å²) in [6.45, 7) is 7.32. The highest BCUT2D eigenvalue weighted by atomic mass is 19.1. The van der Waals surface area contributed by atoms with E-state index in [4.69, 9.17) is 0 Å². The lowest BCUT2D eigenvalue weighted by molar-refractivity contribution is 0.136. The quantitative estimate of drug-likeness (QED) is 0.433. The third-order valence-electron chi connectivity index (χ3n) is 7.05. The monoisotopic (exact) mass is 424 g/mol. The number of nitrogens with zero attached hydrogens (tertiary/aromatic N) is 2. The van der Waals surface area contributed by atoms with Gasteiger partial charge in [-0.15, -0.1) is 0 Å². The molecular weight excluding hydrogens is 390 g/mol. The van der Waals surface area contributed by atoms with Crippen LogP contribution in [0.25, 0.3) is 0 Å². The molecule has 1 fully saturated rings. The smallest absolute Gasteiger partial charge is 0.130 e. The van der Waals surface area contributed by atoms with E-state index in [9.17, 15) is 14.0 Å². The van der Waals surface area contributed by atoms with Crippen LogP contribution in [0.4, 0.5) is 8.78 Å². The molecule has 4 heteroatoms. The molecule has 1 aliphatic carbocycles. The predicted molar refractivity (Wildman–Crippen MR) is 121 cm³/mol. The van der Waals surface area contributed by atoms with Gasteiger partial charge in [-0.3, -0.25) is 4.90 Å². The van der Waals surface area contributed by atoms with Crippen LogP contribution in [-0.2, 0) is 12.0 Å². The summed E-state index contributed by atoms with van der Waals surface area (Å²) in [5.74, 6) is -1.19. The van der Waals surface area contributed by atoms with Crippen LogP contribution in [0.5, 0.6) is 0 Å². The number of nitriles is 1. The first kappa shape index (κ1) is 23.4. The molecule has 1 aliphatic rings. The van der Waals surface area contributed by atoms with Crippen LogP contribution in [0.1, 0.15) is 70.4 Å². The van der Waals surface area contributed by atoms with Crippen LogP contribution in [0.3, 0.4) is 0 Å². The maximum atomic E-state index is 14.9. The third-order valence-corrected chi connectivity index (χ3v) is 7.05. The lowest BCUT2D eigenvalue weighted by Gasteiger charge is -2.38. The molecule has 0 amide bonds. The molecule has 0 saturated heterocycles. The minimum Gasteiger partial charge on any atom is -0.294 e. The average molecular weight is 425 g/mol. The Balaban J connectivity index is 1.87. The van der Waals surface area contributed by atoms with Gasteiger partial charge in [-0.2, -0.15) is 5.26 Å². The Labute approximate surface area is 185 Å². The second-order valence-electron chi connectivity index (χ2n) is 9.30. The van der Waals surface area contributed by atoms with Crippen LogP contribution in [-0.4, -0.2) is 17.0 Å². The summed E-state index contributed by atoms with van der Waals surface area (Å²) in [5, 5.41) is 10.3. The summed E-state index contributed by atoms with van der Waals surface area (Å²) in [4.78, 5) is 2.41. The molecule has 0 N–H and O–H groups in total. The number of rotatable bonds is 9.